The molecule has 1 aromatic carbocycles. The number of hydrogen-bond donors (Lipinski definition) is 1. The van der Waals surface area contributed by atoms with E-state index in [2.05, 4.69) is 38.8 Å². The first-order valence-electron chi connectivity index (χ1n) is 6.49. The van der Waals surface area contributed by atoms with E-state index in [9.17, 15) is 0 Å². The van der Waals surface area contributed by atoms with Gasteiger partial charge in [-0.3, -0.25) is 0 Å². The van der Waals surface area contributed by atoms with Gasteiger partial charge < -0.3 is 10.5 Å². The molecule has 0 radical (unpaired) electrons. The lowest BCUT2D eigenvalue weighted by molar-refractivity contribution is 0.301. The summed E-state index contributed by atoms with van der Waals surface area (Å²) in [6, 6.07) is 4.02. The van der Waals surface area contributed by atoms with Crippen LogP contribution >= 0.6 is 31.9 Å². The fraction of sp³-hybridized carbons (Fsp3) is 0.571. The van der Waals surface area contributed by atoms with Crippen LogP contribution in [-0.4, -0.2) is 6.61 Å². The van der Waals surface area contributed by atoms with E-state index < -0.39 is 0 Å². The van der Waals surface area contributed by atoms with Gasteiger partial charge in [0.15, 0.2) is 0 Å². The maximum atomic E-state index is 5.81. The molecule has 0 saturated heterocycles. The monoisotopic (exact) mass is 377 g/mol. The molecule has 0 aromatic heterocycles. The zero-order valence-corrected chi connectivity index (χ0v) is 14.0. The third-order valence-electron chi connectivity index (χ3n) is 2.79. The van der Waals surface area contributed by atoms with E-state index in [0.717, 1.165) is 33.3 Å². The van der Waals surface area contributed by atoms with Crippen molar-refractivity contribution in [2.45, 2.75) is 45.6 Å². The second-order valence-corrected chi connectivity index (χ2v) is 6.06. The molecule has 1 rings (SSSR count). The lowest BCUT2D eigenvalue weighted by atomic mass is 10.2. The van der Waals surface area contributed by atoms with Crippen molar-refractivity contribution in [3.05, 3.63) is 26.6 Å². The van der Waals surface area contributed by atoms with Crippen LogP contribution < -0.4 is 10.5 Å². The second-order valence-electron chi connectivity index (χ2n) is 4.36. The van der Waals surface area contributed by atoms with Crippen molar-refractivity contribution in [2.75, 3.05) is 6.61 Å². The van der Waals surface area contributed by atoms with Gasteiger partial charge in [-0.15, -0.1) is 0 Å². The van der Waals surface area contributed by atoms with Crippen LogP contribution in [0.3, 0.4) is 0 Å². The highest BCUT2D eigenvalue weighted by Gasteiger charge is 2.08. The molecule has 0 spiro atoms. The summed E-state index contributed by atoms with van der Waals surface area (Å²) in [5.41, 5.74) is 6.71. The number of ether oxygens (including phenoxy) is 1. The van der Waals surface area contributed by atoms with Crippen molar-refractivity contribution in [1.82, 2.24) is 0 Å². The first-order chi connectivity index (χ1) is 8.69. The summed E-state index contributed by atoms with van der Waals surface area (Å²) in [6.45, 7) is 3.53. The molecule has 1 aromatic rings. The largest absolute Gasteiger partial charge is 0.491 e. The first-order valence-corrected chi connectivity index (χ1v) is 8.08. The van der Waals surface area contributed by atoms with Crippen LogP contribution in [0.5, 0.6) is 5.75 Å². The van der Waals surface area contributed by atoms with Gasteiger partial charge in [-0.2, -0.15) is 0 Å². The van der Waals surface area contributed by atoms with Crippen LogP contribution in [0.4, 0.5) is 0 Å². The summed E-state index contributed by atoms with van der Waals surface area (Å²) in [5, 5.41) is 0. The molecule has 2 N–H and O–H groups in total. The highest BCUT2D eigenvalue weighted by Crippen LogP contribution is 2.34. The molecular formula is C14H21Br2NO. The fourth-order valence-electron chi connectivity index (χ4n) is 1.75. The zero-order valence-electron chi connectivity index (χ0n) is 10.8. The van der Waals surface area contributed by atoms with Crippen molar-refractivity contribution in [3.63, 3.8) is 0 Å². The summed E-state index contributed by atoms with van der Waals surface area (Å²) in [4.78, 5) is 0. The molecule has 18 heavy (non-hydrogen) atoms. The minimum atomic E-state index is 0.536. The molecule has 0 amide bonds. The molecule has 2 nitrogen and oxygen atoms in total. The Labute approximate surface area is 127 Å². The molecule has 0 aliphatic rings. The Balaban J connectivity index is 2.42. The van der Waals surface area contributed by atoms with Gasteiger partial charge >= 0.3 is 0 Å². The summed E-state index contributed by atoms with van der Waals surface area (Å²) >= 11 is 7.04. The smallest absolute Gasteiger partial charge is 0.147 e. The molecule has 0 fully saturated rings. The Morgan fingerprint density at radius 2 is 1.67 bits per heavy atom. The molecule has 0 saturated carbocycles. The van der Waals surface area contributed by atoms with Crippen LogP contribution in [0.2, 0.25) is 0 Å². The molecule has 0 aliphatic carbocycles. The zero-order chi connectivity index (χ0) is 13.4. The normalized spacial score (nSPS) is 10.7. The van der Waals surface area contributed by atoms with Gasteiger partial charge in [0.05, 0.1) is 15.6 Å². The minimum Gasteiger partial charge on any atom is -0.491 e. The molecule has 0 aliphatic heterocycles. The molecule has 0 unspecified atom stereocenters. The average molecular weight is 379 g/mol. The SMILES string of the molecule is CCCCCCCOc1c(Br)cc(CN)cc1Br. The van der Waals surface area contributed by atoms with Crippen molar-refractivity contribution >= 4 is 31.9 Å². The molecule has 4 heteroatoms. The van der Waals surface area contributed by atoms with Crippen molar-refractivity contribution in [2.24, 2.45) is 5.73 Å². The number of benzene rings is 1. The number of halogens is 2. The van der Waals surface area contributed by atoms with Crippen molar-refractivity contribution < 1.29 is 4.74 Å². The summed E-state index contributed by atoms with van der Waals surface area (Å²) < 4.78 is 7.74. The van der Waals surface area contributed by atoms with E-state index in [1.165, 1.54) is 25.7 Å². The lowest BCUT2D eigenvalue weighted by Crippen LogP contribution is -2.01. The lowest BCUT2D eigenvalue weighted by Gasteiger charge is -2.11. The second kappa shape index (κ2) is 8.94. The van der Waals surface area contributed by atoms with E-state index in [4.69, 9.17) is 10.5 Å². The maximum Gasteiger partial charge on any atom is 0.147 e. The fourth-order valence-corrected chi connectivity index (χ4v) is 3.26. The molecule has 0 bridgehead atoms. The summed E-state index contributed by atoms with van der Waals surface area (Å²) in [6.07, 6.45) is 6.24. The first kappa shape index (κ1) is 16.0. The van der Waals surface area contributed by atoms with Crippen molar-refractivity contribution in [3.8, 4) is 5.75 Å². The number of nitrogens with two attached hydrogens (primary N) is 1. The molecule has 102 valence electrons. The molecular weight excluding hydrogens is 358 g/mol. The summed E-state index contributed by atoms with van der Waals surface area (Å²) in [7, 11) is 0. The van der Waals surface area contributed by atoms with Gasteiger partial charge in [0, 0.05) is 6.54 Å². The Morgan fingerprint density at radius 3 is 2.22 bits per heavy atom. The van der Waals surface area contributed by atoms with Crippen LogP contribution in [0, 0.1) is 0 Å². The number of hydrogen-bond acceptors (Lipinski definition) is 2. The predicted molar refractivity (Wildman–Crippen MR) is 84.0 cm³/mol. The van der Waals surface area contributed by atoms with E-state index in [-0.39, 0.29) is 0 Å². The predicted octanol–water partition coefficient (Wildman–Crippen LogP) is 5.02. The Kier molecular flexibility index (Phi) is 7.95. The van der Waals surface area contributed by atoms with Gasteiger partial charge in [0.25, 0.3) is 0 Å². The summed E-state index contributed by atoms with van der Waals surface area (Å²) in [5.74, 6) is 0.877. The van der Waals surface area contributed by atoms with Crippen LogP contribution in [-0.2, 0) is 6.54 Å². The van der Waals surface area contributed by atoms with Crippen LogP contribution in [0.1, 0.15) is 44.6 Å². The van der Waals surface area contributed by atoms with E-state index >= 15 is 0 Å². The molecule has 0 atom stereocenters. The van der Waals surface area contributed by atoms with E-state index in [0.29, 0.717) is 6.54 Å². The number of unbranched alkanes of at least 4 members (excludes halogenated alkanes) is 4. The van der Waals surface area contributed by atoms with Gasteiger partial charge in [0.2, 0.25) is 0 Å². The third kappa shape index (κ3) is 5.29. The van der Waals surface area contributed by atoms with Crippen LogP contribution in [0.15, 0.2) is 21.1 Å². The van der Waals surface area contributed by atoms with Crippen molar-refractivity contribution in [1.29, 1.82) is 0 Å². The van der Waals surface area contributed by atoms with E-state index in [1.807, 2.05) is 12.1 Å². The number of rotatable bonds is 8. The van der Waals surface area contributed by atoms with Gasteiger partial charge in [0.1, 0.15) is 5.75 Å². The average Bonchev–Trinajstić information content (AvgIpc) is 2.35. The standard InChI is InChI=1S/C14H21Br2NO/c1-2-3-4-5-6-7-18-14-12(15)8-11(10-17)9-13(14)16/h8-9H,2-7,10,17H2,1H3. The van der Waals surface area contributed by atoms with E-state index in [1.54, 1.807) is 0 Å². The quantitative estimate of drug-likeness (QED) is 0.644. The minimum absolute atomic E-state index is 0.536. The Bertz CT molecular complexity index is 346. The topological polar surface area (TPSA) is 35.2 Å². The highest BCUT2D eigenvalue weighted by atomic mass is 79.9. The van der Waals surface area contributed by atoms with Gasteiger partial charge in [-0.25, -0.2) is 0 Å². The molecule has 0 heterocycles. The van der Waals surface area contributed by atoms with Gasteiger partial charge in [-0.05, 0) is 56.0 Å². The van der Waals surface area contributed by atoms with Gasteiger partial charge in [-0.1, -0.05) is 32.6 Å². The Morgan fingerprint density at radius 1 is 1.06 bits per heavy atom. The Hall–Kier alpha value is -0.0600. The maximum absolute atomic E-state index is 5.81. The van der Waals surface area contributed by atoms with Crippen LogP contribution in [0.25, 0.3) is 0 Å². The third-order valence-corrected chi connectivity index (χ3v) is 3.97. The highest BCUT2D eigenvalue weighted by molar-refractivity contribution is 9.11.